The lowest BCUT2D eigenvalue weighted by Crippen LogP contribution is -2.39. The largest absolute Gasteiger partial charge is 0.481 e. The van der Waals surface area contributed by atoms with Crippen molar-refractivity contribution in [1.82, 2.24) is 0 Å². The first-order valence-corrected chi connectivity index (χ1v) is 5.05. The number of fused-ring (bicyclic) bond motifs is 1. The van der Waals surface area contributed by atoms with E-state index in [4.69, 9.17) is 10.5 Å². The summed E-state index contributed by atoms with van der Waals surface area (Å²) in [6, 6.07) is 2.57. The Morgan fingerprint density at radius 1 is 1.59 bits per heavy atom. The second-order valence-corrected chi connectivity index (χ2v) is 3.54. The third-order valence-electron chi connectivity index (χ3n) is 2.44. The van der Waals surface area contributed by atoms with Crippen LogP contribution in [0.15, 0.2) is 12.1 Å². The molecule has 0 aliphatic carbocycles. The Morgan fingerprint density at radius 3 is 3.06 bits per heavy atom. The summed E-state index contributed by atoms with van der Waals surface area (Å²) in [5.41, 5.74) is 5.92. The smallest absolute Gasteiger partial charge is 0.265 e. The Hall–Kier alpha value is -2.22. The Kier molecular flexibility index (Phi) is 2.88. The van der Waals surface area contributed by atoms with E-state index >= 15 is 0 Å². The molecule has 1 aliphatic rings. The van der Waals surface area contributed by atoms with Crippen LogP contribution in [-0.4, -0.2) is 19.1 Å². The molecule has 1 amide bonds. The lowest BCUT2D eigenvalue weighted by atomic mass is 10.2. The van der Waals surface area contributed by atoms with Crippen LogP contribution >= 0.6 is 0 Å². The number of hydrogen-bond acceptors (Lipinski definition) is 3. The second kappa shape index (κ2) is 4.34. The molecular formula is C12H11FN2O2. The van der Waals surface area contributed by atoms with E-state index in [2.05, 4.69) is 11.8 Å². The molecule has 1 aromatic carbocycles. The summed E-state index contributed by atoms with van der Waals surface area (Å²) in [4.78, 5) is 13.1. The molecule has 0 saturated carbocycles. The minimum Gasteiger partial charge on any atom is -0.481 e. The number of carbonyl (C=O) groups is 1. The van der Waals surface area contributed by atoms with Crippen molar-refractivity contribution in [3.05, 3.63) is 17.9 Å². The molecule has 88 valence electrons. The fraction of sp³-hybridized carbons (Fsp3) is 0.250. The molecular weight excluding hydrogens is 223 g/mol. The zero-order valence-electron chi connectivity index (χ0n) is 9.29. The van der Waals surface area contributed by atoms with Gasteiger partial charge in [-0.1, -0.05) is 5.92 Å². The van der Waals surface area contributed by atoms with Gasteiger partial charge in [-0.05, 0) is 13.0 Å². The van der Waals surface area contributed by atoms with Gasteiger partial charge in [-0.15, -0.1) is 5.92 Å². The maximum Gasteiger partial charge on any atom is 0.265 e. The number of carbonyl (C=O) groups excluding carboxylic acids is 1. The van der Waals surface area contributed by atoms with Crippen molar-refractivity contribution in [2.75, 3.05) is 23.8 Å². The van der Waals surface area contributed by atoms with Crippen LogP contribution in [0.2, 0.25) is 0 Å². The summed E-state index contributed by atoms with van der Waals surface area (Å²) in [7, 11) is 0. The molecule has 1 aromatic rings. The molecule has 0 spiro atoms. The van der Waals surface area contributed by atoms with Crippen molar-refractivity contribution in [2.24, 2.45) is 0 Å². The summed E-state index contributed by atoms with van der Waals surface area (Å²) in [6.07, 6.45) is 0. The number of amides is 1. The van der Waals surface area contributed by atoms with E-state index in [1.807, 2.05) is 0 Å². The van der Waals surface area contributed by atoms with Crippen LogP contribution < -0.4 is 15.4 Å². The Balaban J connectivity index is 2.45. The molecule has 0 radical (unpaired) electrons. The topological polar surface area (TPSA) is 55.6 Å². The highest BCUT2D eigenvalue weighted by Crippen LogP contribution is 2.35. The number of hydrogen-bond donors (Lipinski definition) is 1. The number of nitrogen functional groups attached to an aromatic ring is 1. The molecule has 0 saturated heterocycles. The van der Waals surface area contributed by atoms with Gasteiger partial charge in [0.25, 0.3) is 5.91 Å². The number of nitrogens with two attached hydrogens (primary N) is 1. The standard InChI is InChI=1S/C12H11FN2O2/c1-2-3-4-15-10-6-9(14)8(13)5-11(10)17-7-12(15)16/h5-6H,4,7,14H2,1H3. The molecule has 0 bridgehead atoms. The highest BCUT2D eigenvalue weighted by Gasteiger charge is 2.26. The average molecular weight is 234 g/mol. The van der Waals surface area contributed by atoms with E-state index < -0.39 is 5.82 Å². The number of halogens is 1. The second-order valence-electron chi connectivity index (χ2n) is 3.54. The molecule has 1 aliphatic heterocycles. The van der Waals surface area contributed by atoms with Gasteiger partial charge in [0.05, 0.1) is 17.9 Å². The maximum absolute atomic E-state index is 13.2. The van der Waals surface area contributed by atoms with Crippen molar-refractivity contribution >= 4 is 17.3 Å². The Bertz CT molecular complexity index is 531. The first-order chi connectivity index (χ1) is 8.13. The number of nitrogens with zero attached hydrogens (tertiary/aromatic N) is 1. The SMILES string of the molecule is CC#CCN1C(=O)COc2cc(F)c(N)cc21. The van der Waals surface area contributed by atoms with Crippen LogP contribution in [0.5, 0.6) is 5.75 Å². The van der Waals surface area contributed by atoms with Gasteiger partial charge in [-0.3, -0.25) is 9.69 Å². The van der Waals surface area contributed by atoms with Gasteiger partial charge in [0.15, 0.2) is 6.61 Å². The van der Waals surface area contributed by atoms with Gasteiger partial charge >= 0.3 is 0 Å². The lowest BCUT2D eigenvalue weighted by molar-refractivity contribution is -0.121. The number of anilines is 2. The molecule has 1 heterocycles. The van der Waals surface area contributed by atoms with E-state index in [-0.39, 0.29) is 24.7 Å². The third kappa shape index (κ3) is 2.02. The molecule has 0 atom stereocenters. The summed E-state index contributed by atoms with van der Waals surface area (Å²) < 4.78 is 18.4. The van der Waals surface area contributed by atoms with Gasteiger partial charge < -0.3 is 10.5 Å². The summed E-state index contributed by atoms with van der Waals surface area (Å²) in [6.45, 7) is 1.82. The van der Waals surface area contributed by atoms with Gasteiger partial charge in [-0.2, -0.15) is 0 Å². The molecule has 17 heavy (non-hydrogen) atoms. The zero-order chi connectivity index (χ0) is 12.4. The minimum absolute atomic E-state index is 0.0171. The Morgan fingerprint density at radius 2 is 2.35 bits per heavy atom. The van der Waals surface area contributed by atoms with Crippen molar-refractivity contribution in [1.29, 1.82) is 0 Å². The molecule has 0 aromatic heterocycles. The first-order valence-electron chi connectivity index (χ1n) is 5.05. The maximum atomic E-state index is 13.2. The number of ether oxygens (including phenoxy) is 1. The van der Waals surface area contributed by atoms with Gasteiger partial charge in [-0.25, -0.2) is 4.39 Å². The average Bonchev–Trinajstić information content (AvgIpc) is 2.30. The van der Waals surface area contributed by atoms with Gasteiger partial charge in [0, 0.05) is 6.07 Å². The predicted octanol–water partition coefficient (Wildman–Crippen LogP) is 1.16. The highest BCUT2D eigenvalue weighted by atomic mass is 19.1. The number of rotatable bonds is 1. The van der Waals surface area contributed by atoms with E-state index in [1.54, 1.807) is 6.92 Å². The van der Waals surface area contributed by atoms with E-state index in [0.29, 0.717) is 11.4 Å². The first kappa shape index (κ1) is 11.3. The van der Waals surface area contributed by atoms with Crippen molar-refractivity contribution in [3.8, 4) is 17.6 Å². The molecule has 2 rings (SSSR count). The van der Waals surface area contributed by atoms with Crippen LogP contribution in [0.1, 0.15) is 6.92 Å². The predicted molar refractivity (Wildman–Crippen MR) is 62.1 cm³/mol. The lowest BCUT2D eigenvalue weighted by Gasteiger charge is -2.28. The van der Waals surface area contributed by atoms with E-state index in [1.165, 1.54) is 17.0 Å². The van der Waals surface area contributed by atoms with Crippen LogP contribution in [0.3, 0.4) is 0 Å². The summed E-state index contributed by atoms with van der Waals surface area (Å²) >= 11 is 0. The molecule has 2 N–H and O–H groups in total. The third-order valence-corrected chi connectivity index (χ3v) is 2.44. The zero-order valence-corrected chi connectivity index (χ0v) is 9.29. The van der Waals surface area contributed by atoms with Crippen molar-refractivity contribution in [3.63, 3.8) is 0 Å². The monoisotopic (exact) mass is 234 g/mol. The number of benzene rings is 1. The Labute approximate surface area is 98.2 Å². The fourth-order valence-corrected chi connectivity index (χ4v) is 1.57. The van der Waals surface area contributed by atoms with Crippen LogP contribution in [0.25, 0.3) is 0 Å². The van der Waals surface area contributed by atoms with Crippen LogP contribution in [0, 0.1) is 17.7 Å². The highest BCUT2D eigenvalue weighted by molar-refractivity contribution is 5.98. The van der Waals surface area contributed by atoms with E-state index in [9.17, 15) is 9.18 Å². The normalized spacial score (nSPS) is 13.5. The fourth-order valence-electron chi connectivity index (χ4n) is 1.57. The molecule has 0 unspecified atom stereocenters. The van der Waals surface area contributed by atoms with Gasteiger partial charge in [0.1, 0.15) is 11.6 Å². The van der Waals surface area contributed by atoms with Gasteiger partial charge in [0.2, 0.25) is 0 Å². The quantitative estimate of drug-likeness (QED) is 0.586. The molecule has 4 nitrogen and oxygen atoms in total. The summed E-state index contributed by atoms with van der Waals surface area (Å²) in [5.74, 6) is 5.03. The molecule has 0 fully saturated rings. The van der Waals surface area contributed by atoms with Crippen LogP contribution in [-0.2, 0) is 4.79 Å². The summed E-state index contributed by atoms with van der Waals surface area (Å²) in [5, 5.41) is 0. The van der Waals surface area contributed by atoms with E-state index in [0.717, 1.165) is 0 Å². The van der Waals surface area contributed by atoms with Crippen LogP contribution in [0.4, 0.5) is 15.8 Å². The molecule has 5 heteroatoms. The minimum atomic E-state index is -0.556. The van der Waals surface area contributed by atoms with Crippen molar-refractivity contribution in [2.45, 2.75) is 6.92 Å². The van der Waals surface area contributed by atoms with Crippen molar-refractivity contribution < 1.29 is 13.9 Å².